The van der Waals surface area contributed by atoms with E-state index in [4.69, 9.17) is 14.9 Å². The Morgan fingerprint density at radius 2 is 1.10 bits per heavy atom. The van der Waals surface area contributed by atoms with E-state index in [0.717, 1.165) is 70.6 Å². The fourth-order valence-corrected chi connectivity index (χ4v) is 5.83. The van der Waals surface area contributed by atoms with E-state index in [1.165, 1.54) is 83.5 Å². The molecule has 2 unspecified atom stereocenters. The number of amides is 2. The second kappa shape index (κ2) is 37.8. The number of esters is 1. The lowest BCUT2D eigenvalue weighted by atomic mass is 10.1. The number of unbranched alkanes of at least 4 members (excludes halogenated alkanes) is 19. The van der Waals surface area contributed by atoms with E-state index in [1.54, 1.807) is 0 Å². The SMILES string of the molecule is CCCCCC/C=C\C/C=C\CCCCCCCC(=O)OC(/C=C\CCCCCCCCC)CCCCCCC(=O)NCC(=O)NC(CO)C(=O)O. The maximum Gasteiger partial charge on any atom is 0.328 e. The van der Waals surface area contributed by atoms with Crippen molar-refractivity contribution in [1.82, 2.24) is 10.6 Å². The number of carbonyl (C=O) groups excluding carboxylic acids is 3. The molecule has 9 heteroatoms. The maximum atomic E-state index is 12.7. The molecular formula is C43H76N2O7. The molecule has 0 fully saturated rings. The average molecular weight is 733 g/mol. The first-order valence-corrected chi connectivity index (χ1v) is 20.9. The molecule has 0 aliphatic heterocycles. The van der Waals surface area contributed by atoms with Crippen LogP contribution in [0.2, 0.25) is 0 Å². The van der Waals surface area contributed by atoms with Crippen molar-refractivity contribution in [2.75, 3.05) is 13.2 Å². The molecule has 0 aromatic rings. The zero-order chi connectivity index (χ0) is 38.3. The van der Waals surface area contributed by atoms with Gasteiger partial charge in [0.1, 0.15) is 12.1 Å². The van der Waals surface area contributed by atoms with Crippen LogP contribution in [-0.2, 0) is 23.9 Å². The van der Waals surface area contributed by atoms with Gasteiger partial charge in [0.25, 0.3) is 0 Å². The third kappa shape index (κ3) is 34.2. The first kappa shape index (κ1) is 49.1. The largest absolute Gasteiger partial charge is 0.480 e. The summed E-state index contributed by atoms with van der Waals surface area (Å²) in [5.74, 6) is -2.41. The number of carboxylic acid groups (broad SMARTS) is 1. The summed E-state index contributed by atoms with van der Waals surface area (Å²) in [7, 11) is 0. The van der Waals surface area contributed by atoms with Gasteiger partial charge in [-0.1, -0.05) is 134 Å². The fourth-order valence-electron chi connectivity index (χ4n) is 5.83. The molecule has 0 aliphatic rings. The quantitative estimate of drug-likeness (QED) is 0.0283. The van der Waals surface area contributed by atoms with Crippen LogP contribution in [0.4, 0.5) is 0 Å². The minimum absolute atomic E-state index is 0.124. The molecule has 0 aromatic carbocycles. The van der Waals surface area contributed by atoms with Gasteiger partial charge in [-0.3, -0.25) is 14.4 Å². The highest BCUT2D eigenvalue weighted by molar-refractivity contribution is 5.87. The lowest BCUT2D eigenvalue weighted by molar-refractivity contribution is -0.147. The third-order valence-corrected chi connectivity index (χ3v) is 9.09. The van der Waals surface area contributed by atoms with E-state index in [-0.39, 0.29) is 30.9 Å². The van der Waals surface area contributed by atoms with Crippen LogP contribution in [0.25, 0.3) is 0 Å². The number of carbonyl (C=O) groups is 4. The molecule has 0 aliphatic carbocycles. The van der Waals surface area contributed by atoms with Gasteiger partial charge in [-0.05, 0) is 76.7 Å². The van der Waals surface area contributed by atoms with Gasteiger partial charge in [0, 0.05) is 12.8 Å². The van der Waals surface area contributed by atoms with Gasteiger partial charge in [-0.15, -0.1) is 0 Å². The summed E-state index contributed by atoms with van der Waals surface area (Å²) in [6.45, 7) is 3.42. The minimum atomic E-state index is -1.39. The third-order valence-electron chi connectivity index (χ3n) is 9.09. The number of carboxylic acids is 1. The van der Waals surface area contributed by atoms with Crippen LogP contribution in [0.3, 0.4) is 0 Å². The lowest BCUT2D eigenvalue weighted by Gasteiger charge is -2.15. The van der Waals surface area contributed by atoms with Crippen LogP contribution in [0.1, 0.15) is 187 Å². The van der Waals surface area contributed by atoms with E-state index in [2.05, 4.69) is 60.9 Å². The Bertz CT molecular complexity index is 979. The topological polar surface area (TPSA) is 142 Å². The van der Waals surface area contributed by atoms with E-state index >= 15 is 0 Å². The number of nitrogens with one attached hydrogen (secondary N) is 2. The minimum Gasteiger partial charge on any atom is -0.480 e. The normalized spacial score (nSPS) is 12.8. The number of ether oxygens (including phenoxy) is 1. The average Bonchev–Trinajstić information content (AvgIpc) is 3.13. The van der Waals surface area contributed by atoms with Gasteiger partial charge in [-0.25, -0.2) is 4.79 Å². The molecule has 4 N–H and O–H groups in total. The van der Waals surface area contributed by atoms with Crippen LogP contribution in [-0.4, -0.2) is 59.3 Å². The summed E-state index contributed by atoms with van der Waals surface area (Å²) in [4.78, 5) is 47.5. The molecule has 0 rings (SSSR count). The molecule has 0 saturated carbocycles. The summed E-state index contributed by atoms with van der Waals surface area (Å²) >= 11 is 0. The Labute approximate surface area is 316 Å². The second-order valence-corrected chi connectivity index (χ2v) is 14.1. The monoisotopic (exact) mass is 733 g/mol. The molecule has 9 nitrogen and oxygen atoms in total. The van der Waals surface area contributed by atoms with E-state index in [0.29, 0.717) is 12.8 Å². The smallest absolute Gasteiger partial charge is 0.328 e. The fraction of sp³-hybridized carbons (Fsp3) is 0.767. The zero-order valence-electron chi connectivity index (χ0n) is 33.1. The van der Waals surface area contributed by atoms with Crippen molar-refractivity contribution in [3.63, 3.8) is 0 Å². The number of allylic oxidation sites excluding steroid dienone is 5. The molecule has 0 spiro atoms. The van der Waals surface area contributed by atoms with Crippen molar-refractivity contribution >= 4 is 23.8 Å². The molecule has 52 heavy (non-hydrogen) atoms. The first-order chi connectivity index (χ1) is 25.3. The van der Waals surface area contributed by atoms with Gasteiger partial charge in [0.05, 0.1) is 13.2 Å². The van der Waals surface area contributed by atoms with Crippen LogP contribution >= 0.6 is 0 Å². The Balaban J connectivity index is 4.33. The number of hydrogen-bond acceptors (Lipinski definition) is 6. The van der Waals surface area contributed by atoms with Gasteiger partial charge >= 0.3 is 11.9 Å². The molecule has 0 heterocycles. The van der Waals surface area contributed by atoms with E-state index in [1.807, 2.05) is 0 Å². The standard InChI is InChI=1S/C43H76N2O7/c1-3-5-7-9-11-13-14-15-16-17-18-19-21-23-25-31-35-42(49)52-38(32-28-24-22-20-12-10-8-6-4-2)33-29-26-27-30-34-40(47)44-36-41(48)45-39(37-46)43(50)51/h13-14,16-17,28,32,38-39,46H,3-12,15,18-27,29-31,33-37H2,1-2H3,(H,44,47)(H,45,48)(H,50,51)/b14-13-,17-16-,32-28-. The summed E-state index contributed by atoms with van der Waals surface area (Å²) in [6, 6.07) is -1.39. The van der Waals surface area contributed by atoms with Crippen molar-refractivity contribution in [1.29, 1.82) is 0 Å². The molecule has 2 amide bonds. The summed E-state index contributed by atoms with van der Waals surface area (Å²) in [6.07, 6.45) is 41.8. The predicted octanol–water partition coefficient (Wildman–Crippen LogP) is 9.82. The number of aliphatic carboxylic acids is 1. The lowest BCUT2D eigenvalue weighted by Crippen LogP contribution is -2.47. The van der Waals surface area contributed by atoms with Gasteiger partial charge in [0.2, 0.25) is 11.8 Å². The van der Waals surface area contributed by atoms with Crippen LogP contribution < -0.4 is 10.6 Å². The van der Waals surface area contributed by atoms with Crippen molar-refractivity contribution in [2.24, 2.45) is 0 Å². The first-order valence-electron chi connectivity index (χ1n) is 20.9. The van der Waals surface area contributed by atoms with Gasteiger partial charge in [-0.2, -0.15) is 0 Å². The number of hydrogen-bond donors (Lipinski definition) is 4. The Morgan fingerprint density at radius 1 is 0.596 bits per heavy atom. The van der Waals surface area contributed by atoms with Crippen LogP contribution in [0.5, 0.6) is 0 Å². The molecule has 2 atom stereocenters. The highest BCUT2D eigenvalue weighted by atomic mass is 16.5. The van der Waals surface area contributed by atoms with Crippen LogP contribution in [0, 0.1) is 0 Å². The summed E-state index contributed by atoms with van der Waals surface area (Å²) in [5.41, 5.74) is 0. The molecule has 0 saturated heterocycles. The summed E-state index contributed by atoms with van der Waals surface area (Å²) < 4.78 is 5.90. The molecule has 300 valence electrons. The number of rotatable bonds is 37. The molecule has 0 aromatic heterocycles. The molecule has 0 bridgehead atoms. The second-order valence-electron chi connectivity index (χ2n) is 14.1. The molecular weight excluding hydrogens is 656 g/mol. The molecule has 0 radical (unpaired) electrons. The van der Waals surface area contributed by atoms with Crippen molar-refractivity contribution in [3.8, 4) is 0 Å². The Morgan fingerprint density at radius 3 is 1.67 bits per heavy atom. The maximum absolute atomic E-state index is 12.7. The zero-order valence-corrected chi connectivity index (χ0v) is 33.1. The Kier molecular flexibility index (Phi) is 35.7. The van der Waals surface area contributed by atoms with Crippen molar-refractivity contribution in [3.05, 3.63) is 36.5 Å². The predicted molar refractivity (Wildman–Crippen MR) is 213 cm³/mol. The highest BCUT2D eigenvalue weighted by Crippen LogP contribution is 2.15. The van der Waals surface area contributed by atoms with Crippen molar-refractivity contribution < 1.29 is 34.1 Å². The van der Waals surface area contributed by atoms with E-state index in [9.17, 15) is 19.2 Å². The van der Waals surface area contributed by atoms with Gasteiger partial charge in [0.15, 0.2) is 0 Å². The van der Waals surface area contributed by atoms with Crippen LogP contribution in [0.15, 0.2) is 36.5 Å². The number of aliphatic hydroxyl groups is 1. The highest BCUT2D eigenvalue weighted by Gasteiger charge is 2.18. The Hall–Kier alpha value is -2.94. The van der Waals surface area contributed by atoms with Crippen molar-refractivity contribution in [2.45, 2.75) is 199 Å². The van der Waals surface area contributed by atoms with Gasteiger partial charge < -0.3 is 25.6 Å². The number of aliphatic hydroxyl groups excluding tert-OH is 1. The van der Waals surface area contributed by atoms with E-state index < -0.39 is 24.5 Å². The summed E-state index contributed by atoms with van der Waals surface area (Å²) in [5, 5.41) is 22.5.